The average Bonchev–Trinajstić information content (AvgIpc) is 3.41. The van der Waals surface area contributed by atoms with E-state index in [1.165, 1.54) is 40.1 Å². The van der Waals surface area contributed by atoms with Gasteiger partial charge in [-0.05, 0) is 50.2 Å². The zero-order chi connectivity index (χ0) is 32.6. The number of piperidine rings is 1. The van der Waals surface area contributed by atoms with E-state index in [4.69, 9.17) is 0 Å². The second kappa shape index (κ2) is 15.3. The minimum atomic E-state index is -5.15. The van der Waals surface area contributed by atoms with Crippen molar-refractivity contribution in [3.63, 3.8) is 0 Å². The average molecular weight is 717 g/mol. The number of carbonyl (C=O) groups excluding carboxylic acids is 2. The lowest BCUT2D eigenvalue weighted by molar-refractivity contribution is -0.166. The van der Waals surface area contributed by atoms with Gasteiger partial charge < -0.3 is 15.3 Å². The van der Waals surface area contributed by atoms with Crippen LogP contribution in [0.15, 0.2) is 30.3 Å². The first-order valence-corrected chi connectivity index (χ1v) is 15.6. The van der Waals surface area contributed by atoms with Crippen LogP contribution < -0.4 is 5.32 Å². The first-order valence-electron chi connectivity index (χ1n) is 15.6. The predicted molar refractivity (Wildman–Crippen MR) is 166 cm³/mol. The molecular formula is C31H41Cl2F6N5O3. The van der Waals surface area contributed by atoms with E-state index in [0.29, 0.717) is 11.1 Å². The number of likely N-dealkylation sites (tertiary alicyclic amines) is 1. The van der Waals surface area contributed by atoms with E-state index in [1.54, 1.807) is 0 Å². The summed E-state index contributed by atoms with van der Waals surface area (Å²) in [5.41, 5.74) is -5.57. The number of aromatic nitrogens is 2. The molecule has 1 saturated carbocycles. The van der Waals surface area contributed by atoms with Gasteiger partial charge in [0.25, 0.3) is 0 Å². The van der Waals surface area contributed by atoms with Gasteiger partial charge in [0, 0.05) is 31.7 Å². The Labute approximate surface area is 282 Å². The lowest BCUT2D eigenvalue weighted by atomic mass is 9.78. The Bertz CT molecular complexity index is 1360. The molecule has 3 aliphatic rings. The third-order valence-corrected chi connectivity index (χ3v) is 9.55. The fourth-order valence-corrected chi connectivity index (χ4v) is 7.14. The number of para-hydroxylation sites is 1. The number of amides is 2. The van der Waals surface area contributed by atoms with Gasteiger partial charge in [0.2, 0.25) is 11.8 Å². The molecule has 0 radical (unpaired) electrons. The number of nitrogens with zero attached hydrogens (tertiary/aromatic N) is 4. The largest absolute Gasteiger partial charge is 0.435 e. The summed E-state index contributed by atoms with van der Waals surface area (Å²) in [5, 5.41) is 17.3. The molecule has 0 bridgehead atoms. The molecule has 1 spiro atoms. The van der Waals surface area contributed by atoms with Crippen LogP contribution in [0.1, 0.15) is 81.7 Å². The summed E-state index contributed by atoms with van der Waals surface area (Å²) in [7, 11) is 0. The second-order valence-electron chi connectivity index (χ2n) is 12.4. The summed E-state index contributed by atoms with van der Waals surface area (Å²) >= 11 is 0. The van der Waals surface area contributed by atoms with Crippen LogP contribution >= 0.6 is 24.8 Å². The highest BCUT2D eigenvalue weighted by Crippen LogP contribution is 2.42. The predicted octanol–water partition coefficient (Wildman–Crippen LogP) is 6.16. The van der Waals surface area contributed by atoms with Crippen molar-refractivity contribution in [3.8, 4) is 5.69 Å². The molecule has 264 valence electrons. The van der Waals surface area contributed by atoms with Gasteiger partial charge >= 0.3 is 12.4 Å². The number of benzene rings is 1. The van der Waals surface area contributed by atoms with Gasteiger partial charge in [-0.15, -0.1) is 24.8 Å². The number of piperazine rings is 1. The van der Waals surface area contributed by atoms with Crippen LogP contribution in [0.25, 0.3) is 5.69 Å². The zero-order valence-corrected chi connectivity index (χ0v) is 27.6. The first kappa shape index (κ1) is 38.9. The third-order valence-electron chi connectivity index (χ3n) is 9.55. The molecule has 3 heterocycles. The molecule has 3 fully saturated rings. The molecule has 5 rings (SSSR count). The number of carbonyl (C=O) groups is 2. The Kier molecular flexibility index (Phi) is 12.7. The van der Waals surface area contributed by atoms with E-state index in [-0.39, 0.29) is 68.9 Å². The number of rotatable bonds is 8. The van der Waals surface area contributed by atoms with Gasteiger partial charge in [0.1, 0.15) is 11.6 Å². The number of halogens is 8. The molecule has 2 amide bonds. The molecule has 2 saturated heterocycles. The lowest BCUT2D eigenvalue weighted by Crippen LogP contribution is -2.75. The maximum atomic E-state index is 14.4. The van der Waals surface area contributed by atoms with Crippen molar-refractivity contribution in [2.24, 2.45) is 5.92 Å². The van der Waals surface area contributed by atoms with E-state index in [9.17, 15) is 41.0 Å². The topological polar surface area (TPSA) is 90.7 Å². The van der Waals surface area contributed by atoms with Crippen molar-refractivity contribution in [3.05, 3.63) is 47.3 Å². The summed E-state index contributed by atoms with van der Waals surface area (Å²) in [4.78, 5) is 30.5. The van der Waals surface area contributed by atoms with E-state index >= 15 is 0 Å². The number of nitrogens with one attached hydrogen (secondary N) is 1. The molecule has 1 aromatic heterocycles. The highest BCUT2D eigenvalue weighted by molar-refractivity contribution is 6.00. The fourth-order valence-electron chi connectivity index (χ4n) is 7.14. The highest BCUT2D eigenvalue weighted by Gasteiger charge is 2.56. The van der Waals surface area contributed by atoms with Crippen molar-refractivity contribution in [2.75, 3.05) is 19.6 Å². The molecular weight excluding hydrogens is 675 g/mol. The smallest absolute Gasteiger partial charge is 0.390 e. The van der Waals surface area contributed by atoms with Gasteiger partial charge in [-0.3, -0.25) is 14.5 Å². The molecule has 8 nitrogen and oxygen atoms in total. The number of unbranched alkanes of at least 4 members (excludes halogenated alkanes) is 1. The van der Waals surface area contributed by atoms with Crippen molar-refractivity contribution in [1.82, 2.24) is 24.9 Å². The zero-order valence-electron chi connectivity index (χ0n) is 25.9. The van der Waals surface area contributed by atoms with Crippen LogP contribution in [0.2, 0.25) is 0 Å². The number of alkyl halides is 6. The third kappa shape index (κ3) is 7.86. The summed E-state index contributed by atoms with van der Waals surface area (Å²) in [6.07, 6.45) is -5.50. The van der Waals surface area contributed by atoms with Crippen LogP contribution in [-0.2, 0) is 28.5 Å². The summed E-state index contributed by atoms with van der Waals surface area (Å²) in [6, 6.07) is 5.76. The van der Waals surface area contributed by atoms with Gasteiger partial charge in [-0.1, -0.05) is 50.8 Å². The van der Waals surface area contributed by atoms with Gasteiger partial charge in [0.05, 0.1) is 11.8 Å². The van der Waals surface area contributed by atoms with Crippen LogP contribution in [0.4, 0.5) is 26.3 Å². The van der Waals surface area contributed by atoms with Crippen molar-refractivity contribution in [1.29, 1.82) is 0 Å². The maximum Gasteiger partial charge on any atom is 0.435 e. The van der Waals surface area contributed by atoms with E-state index in [1.807, 2.05) is 6.92 Å². The van der Waals surface area contributed by atoms with Gasteiger partial charge in [-0.2, -0.15) is 31.4 Å². The van der Waals surface area contributed by atoms with Crippen LogP contribution in [0.3, 0.4) is 0 Å². The van der Waals surface area contributed by atoms with Crippen LogP contribution in [-0.4, -0.2) is 73.8 Å². The second-order valence-corrected chi connectivity index (χ2v) is 12.4. The molecule has 16 heteroatoms. The summed E-state index contributed by atoms with van der Waals surface area (Å²) < 4.78 is 85.7. The summed E-state index contributed by atoms with van der Waals surface area (Å²) in [5.74, 6) is -0.946. The van der Waals surface area contributed by atoms with Gasteiger partial charge in [-0.25, -0.2) is 4.68 Å². The fraction of sp³-hybridized carbons (Fsp3) is 0.645. The van der Waals surface area contributed by atoms with E-state index in [0.717, 1.165) is 38.5 Å². The van der Waals surface area contributed by atoms with Crippen molar-refractivity contribution < 1.29 is 41.0 Å². The lowest BCUT2D eigenvalue weighted by Gasteiger charge is -2.52. The Balaban J connectivity index is 0.00000300. The molecule has 0 unspecified atom stereocenters. The quantitative estimate of drug-likeness (QED) is 0.320. The molecule has 2 aliphatic heterocycles. The monoisotopic (exact) mass is 715 g/mol. The number of aliphatic hydroxyl groups is 1. The molecule has 2 aromatic rings. The van der Waals surface area contributed by atoms with Gasteiger partial charge in [0.15, 0.2) is 11.4 Å². The van der Waals surface area contributed by atoms with Crippen molar-refractivity contribution >= 4 is 36.6 Å². The number of hydrogen-bond acceptors (Lipinski definition) is 5. The molecule has 2 N–H and O–H groups in total. The molecule has 47 heavy (non-hydrogen) atoms. The highest BCUT2D eigenvalue weighted by atomic mass is 35.5. The minimum absolute atomic E-state index is 0. The minimum Gasteiger partial charge on any atom is -0.390 e. The Morgan fingerprint density at radius 3 is 2.15 bits per heavy atom. The molecule has 1 aliphatic carbocycles. The molecule has 1 aromatic carbocycles. The Morgan fingerprint density at radius 2 is 1.60 bits per heavy atom. The maximum absolute atomic E-state index is 14.4. The Morgan fingerprint density at radius 1 is 0.979 bits per heavy atom. The van der Waals surface area contributed by atoms with Crippen molar-refractivity contribution in [2.45, 2.75) is 101 Å². The van der Waals surface area contributed by atoms with Crippen LogP contribution in [0, 0.1) is 5.92 Å². The SMILES string of the molecule is CCCCN1C(=O)[C@@H]([C@H](O)C2CCCCC2)NC(=O)C12CCN(Cc1c(C(F)(F)F)nn(-c3ccccc3)c1C(F)(F)F)CC2.Cl.Cl. The number of hydrogen-bond donors (Lipinski definition) is 2. The summed E-state index contributed by atoms with van der Waals surface area (Å²) in [6.45, 7) is 1.45. The van der Waals surface area contributed by atoms with E-state index in [2.05, 4.69) is 10.4 Å². The normalized spacial score (nSPS) is 21.6. The van der Waals surface area contributed by atoms with Crippen LogP contribution in [0.5, 0.6) is 0 Å². The number of aliphatic hydroxyl groups excluding tert-OH is 1. The Hall–Kier alpha value is -2.55. The standard InChI is InChI=1S/C31H39F6N5O3.2ClH/c1-2-3-16-41-27(44)23(24(43)20-10-6-4-7-11-20)38-28(45)29(41)14-17-40(18-15-29)19-22-25(30(32,33)34)39-42(26(22)31(35,36)37)21-12-8-5-9-13-21;;/h5,8-9,12-13,20,23-24,43H,2-4,6-7,10-11,14-19H2,1H3,(H,38,45);2*1H/t23-,24-;;/m1../s1. The first-order chi connectivity index (χ1) is 21.3. The van der Waals surface area contributed by atoms with E-state index < -0.39 is 65.3 Å². The molecule has 2 atom stereocenters.